The summed E-state index contributed by atoms with van der Waals surface area (Å²) >= 11 is 0. The summed E-state index contributed by atoms with van der Waals surface area (Å²) < 4.78 is 0. The first kappa shape index (κ1) is 19.0. The van der Waals surface area contributed by atoms with Crippen molar-refractivity contribution in [3.63, 3.8) is 0 Å². The van der Waals surface area contributed by atoms with Crippen molar-refractivity contribution in [2.45, 2.75) is 111 Å². The van der Waals surface area contributed by atoms with Gasteiger partial charge >= 0.3 is 0 Å². The lowest BCUT2D eigenvalue weighted by Gasteiger charge is -2.24. The molecule has 0 spiro atoms. The second-order valence-corrected chi connectivity index (χ2v) is 7.05. The Bertz CT molecular complexity index is 169. The summed E-state index contributed by atoms with van der Waals surface area (Å²) in [5.74, 6) is 0. The molecular formula is C19H39. The molecule has 0 saturated heterocycles. The molecule has 0 aliphatic carbocycles. The lowest BCUT2D eigenvalue weighted by atomic mass is 9.82. The molecule has 1 radical (unpaired) electrons. The molecule has 0 fully saturated rings. The molecule has 0 heteroatoms. The van der Waals surface area contributed by atoms with Gasteiger partial charge in [-0.05, 0) is 18.3 Å². The maximum Gasteiger partial charge on any atom is -0.0354 e. The Morgan fingerprint density at radius 1 is 0.632 bits per heavy atom. The molecule has 0 bridgehead atoms. The van der Waals surface area contributed by atoms with Crippen molar-refractivity contribution in [2.24, 2.45) is 5.41 Å². The molecule has 19 heavy (non-hydrogen) atoms. The molecule has 0 saturated carbocycles. The van der Waals surface area contributed by atoms with Gasteiger partial charge in [-0.3, -0.25) is 0 Å². The highest BCUT2D eigenvalue weighted by Gasteiger charge is 2.16. The molecule has 0 aromatic rings. The third-order valence-electron chi connectivity index (χ3n) is 4.31. The fraction of sp³-hybridized carbons (Fsp3) is 0.947. The normalized spacial score (nSPS) is 12.0. The van der Waals surface area contributed by atoms with Crippen LogP contribution in [0.3, 0.4) is 0 Å². The van der Waals surface area contributed by atoms with Gasteiger partial charge in [0.25, 0.3) is 0 Å². The Balaban J connectivity index is 3.32. The van der Waals surface area contributed by atoms with Crippen molar-refractivity contribution in [3.8, 4) is 0 Å². The van der Waals surface area contributed by atoms with Gasteiger partial charge in [0, 0.05) is 0 Å². The molecule has 0 aromatic heterocycles. The number of hydrogen-bond donors (Lipinski definition) is 0. The summed E-state index contributed by atoms with van der Waals surface area (Å²) in [4.78, 5) is 0. The average molecular weight is 268 g/mol. The Kier molecular flexibility index (Phi) is 13.0. The van der Waals surface area contributed by atoms with E-state index in [4.69, 9.17) is 0 Å². The van der Waals surface area contributed by atoms with E-state index in [-0.39, 0.29) is 0 Å². The first-order chi connectivity index (χ1) is 9.12. The predicted molar refractivity (Wildman–Crippen MR) is 89.5 cm³/mol. The van der Waals surface area contributed by atoms with E-state index in [0.29, 0.717) is 5.41 Å². The molecule has 0 nitrogen and oxygen atoms in total. The molecule has 0 amide bonds. The summed E-state index contributed by atoms with van der Waals surface area (Å²) in [5, 5.41) is 0. The molecule has 0 aromatic carbocycles. The molecule has 0 atom stereocenters. The van der Waals surface area contributed by atoms with Gasteiger partial charge in [-0.15, -0.1) is 0 Å². The fourth-order valence-electron chi connectivity index (χ4n) is 2.82. The largest absolute Gasteiger partial charge is 0.0654 e. The van der Waals surface area contributed by atoms with Crippen LogP contribution in [0.25, 0.3) is 0 Å². The highest BCUT2D eigenvalue weighted by molar-refractivity contribution is 4.68. The standard InChI is InChI=1S/C19H39/c1-5-7-9-11-12-13-14-16-18-19(3,4)17-15-10-8-6-2/h1,5-18H2,2-4H3. The van der Waals surface area contributed by atoms with Crippen LogP contribution >= 0.6 is 0 Å². The van der Waals surface area contributed by atoms with Crippen molar-refractivity contribution >= 4 is 0 Å². The zero-order chi connectivity index (χ0) is 14.4. The topological polar surface area (TPSA) is 0 Å². The van der Waals surface area contributed by atoms with Crippen LogP contribution in [-0.4, -0.2) is 0 Å². The van der Waals surface area contributed by atoms with Crippen molar-refractivity contribution in [1.82, 2.24) is 0 Å². The van der Waals surface area contributed by atoms with Crippen molar-refractivity contribution < 1.29 is 0 Å². The summed E-state index contributed by atoms with van der Waals surface area (Å²) in [6.45, 7) is 11.1. The SMILES string of the molecule is [CH2]CCCCCCCCCC(C)(C)CCCCCC. The molecule has 0 aliphatic heterocycles. The quantitative estimate of drug-likeness (QED) is 0.289. The summed E-state index contributed by atoms with van der Waals surface area (Å²) in [5.41, 5.74) is 0.585. The summed E-state index contributed by atoms with van der Waals surface area (Å²) in [6.07, 6.45) is 19.5. The molecule has 0 heterocycles. The minimum absolute atomic E-state index is 0.585. The van der Waals surface area contributed by atoms with E-state index in [2.05, 4.69) is 27.7 Å². The van der Waals surface area contributed by atoms with Crippen LogP contribution in [0.15, 0.2) is 0 Å². The van der Waals surface area contributed by atoms with Crippen LogP contribution < -0.4 is 0 Å². The minimum atomic E-state index is 0.585. The van der Waals surface area contributed by atoms with Crippen LogP contribution in [-0.2, 0) is 0 Å². The first-order valence-corrected chi connectivity index (χ1v) is 8.91. The van der Waals surface area contributed by atoms with Gasteiger partial charge in [0.05, 0.1) is 0 Å². The van der Waals surface area contributed by atoms with E-state index >= 15 is 0 Å². The zero-order valence-electron chi connectivity index (χ0n) is 14.1. The van der Waals surface area contributed by atoms with Crippen LogP contribution in [0.5, 0.6) is 0 Å². The fourth-order valence-corrected chi connectivity index (χ4v) is 2.82. The van der Waals surface area contributed by atoms with E-state index < -0.39 is 0 Å². The van der Waals surface area contributed by atoms with Crippen molar-refractivity contribution in [3.05, 3.63) is 6.92 Å². The van der Waals surface area contributed by atoms with Gasteiger partial charge in [-0.1, -0.05) is 105 Å². The monoisotopic (exact) mass is 267 g/mol. The predicted octanol–water partition coefficient (Wildman–Crippen LogP) is 7.33. The van der Waals surface area contributed by atoms with Crippen LogP contribution in [0.2, 0.25) is 0 Å². The van der Waals surface area contributed by atoms with Gasteiger partial charge in [0.15, 0.2) is 0 Å². The average Bonchev–Trinajstić information content (AvgIpc) is 2.38. The zero-order valence-corrected chi connectivity index (χ0v) is 14.1. The second kappa shape index (κ2) is 13.0. The number of hydrogen-bond acceptors (Lipinski definition) is 0. The summed E-state index contributed by atoms with van der Waals surface area (Å²) in [6, 6.07) is 0. The lowest BCUT2D eigenvalue weighted by Crippen LogP contribution is -2.11. The van der Waals surface area contributed by atoms with Gasteiger partial charge < -0.3 is 0 Å². The third kappa shape index (κ3) is 14.2. The second-order valence-electron chi connectivity index (χ2n) is 7.05. The van der Waals surface area contributed by atoms with E-state index in [0.717, 1.165) is 6.42 Å². The van der Waals surface area contributed by atoms with Crippen LogP contribution in [0.1, 0.15) is 111 Å². The van der Waals surface area contributed by atoms with E-state index in [9.17, 15) is 0 Å². The highest BCUT2D eigenvalue weighted by atomic mass is 14.2. The molecular weight excluding hydrogens is 228 g/mol. The molecule has 0 rings (SSSR count). The third-order valence-corrected chi connectivity index (χ3v) is 4.31. The van der Waals surface area contributed by atoms with Gasteiger partial charge in [0.2, 0.25) is 0 Å². The van der Waals surface area contributed by atoms with Gasteiger partial charge in [0.1, 0.15) is 0 Å². The molecule has 0 unspecified atom stereocenters. The molecule has 0 aliphatic rings. The lowest BCUT2D eigenvalue weighted by molar-refractivity contribution is 0.282. The minimum Gasteiger partial charge on any atom is -0.0654 e. The number of unbranched alkanes of at least 4 members (excludes halogenated alkanes) is 10. The Morgan fingerprint density at radius 2 is 1.05 bits per heavy atom. The van der Waals surface area contributed by atoms with Crippen LogP contribution in [0.4, 0.5) is 0 Å². The summed E-state index contributed by atoms with van der Waals surface area (Å²) in [7, 11) is 0. The highest BCUT2D eigenvalue weighted by Crippen LogP contribution is 2.30. The maximum absolute atomic E-state index is 3.90. The maximum atomic E-state index is 3.90. The molecule has 0 N–H and O–H groups in total. The van der Waals surface area contributed by atoms with E-state index in [1.165, 1.54) is 83.5 Å². The van der Waals surface area contributed by atoms with Gasteiger partial charge in [-0.25, -0.2) is 0 Å². The smallest absolute Gasteiger partial charge is 0.0354 e. The van der Waals surface area contributed by atoms with Gasteiger partial charge in [-0.2, -0.15) is 0 Å². The van der Waals surface area contributed by atoms with Crippen LogP contribution in [0, 0.1) is 12.3 Å². The first-order valence-electron chi connectivity index (χ1n) is 8.91. The Hall–Kier alpha value is 0. The van der Waals surface area contributed by atoms with Crippen molar-refractivity contribution in [1.29, 1.82) is 0 Å². The van der Waals surface area contributed by atoms with E-state index in [1.54, 1.807) is 0 Å². The van der Waals surface area contributed by atoms with Crippen molar-refractivity contribution in [2.75, 3.05) is 0 Å². The Morgan fingerprint density at radius 3 is 1.53 bits per heavy atom. The Labute approximate surface area is 123 Å². The molecule has 115 valence electrons. The number of rotatable bonds is 14. The van der Waals surface area contributed by atoms with E-state index in [1.807, 2.05) is 0 Å².